The van der Waals surface area contributed by atoms with Crippen LogP contribution in [0.25, 0.3) is 0 Å². The summed E-state index contributed by atoms with van der Waals surface area (Å²) >= 11 is 5.43. The third kappa shape index (κ3) is 3.35. The van der Waals surface area contributed by atoms with E-state index in [0.29, 0.717) is 11.3 Å². The summed E-state index contributed by atoms with van der Waals surface area (Å²) in [5.41, 5.74) is 1.000. The molecule has 0 aliphatic heterocycles. The van der Waals surface area contributed by atoms with Crippen LogP contribution in [0.4, 0.5) is 5.69 Å². The van der Waals surface area contributed by atoms with Gasteiger partial charge in [-0.15, -0.1) is 0 Å². The number of halogens is 1. The molecule has 0 aliphatic carbocycles. The van der Waals surface area contributed by atoms with Crippen LogP contribution in [0.2, 0.25) is 0 Å². The molecule has 6 heteroatoms. The Balaban J connectivity index is 2.90. The van der Waals surface area contributed by atoms with Gasteiger partial charge in [0.15, 0.2) is 0 Å². The lowest BCUT2D eigenvalue weighted by Crippen LogP contribution is -2.09. The summed E-state index contributed by atoms with van der Waals surface area (Å²) in [6.45, 7) is 0. The summed E-state index contributed by atoms with van der Waals surface area (Å²) in [6, 6.07) is 6.24. The van der Waals surface area contributed by atoms with Crippen molar-refractivity contribution in [3.05, 3.63) is 29.8 Å². The van der Waals surface area contributed by atoms with Crippen LogP contribution in [-0.2, 0) is 10.0 Å². The summed E-state index contributed by atoms with van der Waals surface area (Å²) in [6.07, 6.45) is 1.07. The van der Waals surface area contributed by atoms with Crippen LogP contribution >= 0.6 is 11.6 Å². The van der Waals surface area contributed by atoms with Crippen LogP contribution in [0, 0.1) is 5.41 Å². The van der Waals surface area contributed by atoms with Gasteiger partial charge in [-0.05, 0) is 24.3 Å². The monoisotopic (exact) mass is 232 g/mol. The second-order valence-electron chi connectivity index (χ2n) is 2.77. The minimum Gasteiger partial charge on any atom is -0.289 e. The van der Waals surface area contributed by atoms with E-state index in [-0.39, 0.29) is 5.17 Å². The zero-order valence-corrected chi connectivity index (χ0v) is 8.98. The van der Waals surface area contributed by atoms with Crippen LogP contribution in [0.3, 0.4) is 0 Å². The van der Waals surface area contributed by atoms with Gasteiger partial charge in [0, 0.05) is 11.3 Å². The molecule has 4 nitrogen and oxygen atoms in total. The second-order valence-corrected chi connectivity index (χ2v) is 4.89. The normalized spacial score (nSPS) is 11.0. The smallest absolute Gasteiger partial charge is 0.229 e. The number of sulfonamides is 1. The van der Waals surface area contributed by atoms with Crippen molar-refractivity contribution in [2.75, 3.05) is 11.0 Å². The predicted octanol–water partition coefficient (Wildman–Crippen LogP) is 1.62. The van der Waals surface area contributed by atoms with E-state index in [1.165, 1.54) is 0 Å². The topological polar surface area (TPSA) is 70.0 Å². The van der Waals surface area contributed by atoms with Crippen LogP contribution in [0.5, 0.6) is 0 Å². The third-order valence-corrected chi connectivity index (χ3v) is 2.27. The predicted molar refractivity (Wildman–Crippen MR) is 57.6 cm³/mol. The van der Waals surface area contributed by atoms with E-state index < -0.39 is 10.0 Å². The lowest BCUT2D eigenvalue weighted by atomic mass is 10.2. The summed E-state index contributed by atoms with van der Waals surface area (Å²) < 4.78 is 24.0. The van der Waals surface area contributed by atoms with Gasteiger partial charge >= 0.3 is 0 Å². The number of hydrogen-bond acceptors (Lipinski definition) is 3. The molecule has 0 bridgehead atoms. The molecule has 76 valence electrons. The molecule has 0 unspecified atom stereocenters. The maximum Gasteiger partial charge on any atom is 0.229 e. The van der Waals surface area contributed by atoms with Crippen molar-refractivity contribution in [3.8, 4) is 0 Å². The first-order chi connectivity index (χ1) is 6.38. The molecule has 0 spiro atoms. The Morgan fingerprint density at radius 2 is 1.86 bits per heavy atom. The van der Waals surface area contributed by atoms with Crippen molar-refractivity contribution in [2.24, 2.45) is 0 Å². The summed E-state index contributed by atoms with van der Waals surface area (Å²) in [7, 11) is -3.25. The van der Waals surface area contributed by atoms with E-state index in [1.807, 2.05) is 0 Å². The highest BCUT2D eigenvalue weighted by atomic mass is 35.5. The fourth-order valence-electron chi connectivity index (χ4n) is 0.899. The van der Waals surface area contributed by atoms with E-state index in [0.717, 1.165) is 6.26 Å². The highest BCUT2D eigenvalue weighted by Crippen LogP contribution is 2.12. The van der Waals surface area contributed by atoms with Crippen LogP contribution in [-0.4, -0.2) is 19.8 Å². The van der Waals surface area contributed by atoms with Crippen molar-refractivity contribution < 1.29 is 8.42 Å². The quantitative estimate of drug-likeness (QED) is 0.778. The average molecular weight is 233 g/mol. The third-order valence-electron chi connectivity index (χ3n) is 1.44. The van der Waals surface area contributed by atoms with Crippen molar-refractivity contribution >= 4 is 32.5 Å². The Kier molecular flexibility index (Phi) is 3.13. The van der Waals surface area contributed by atoms with Crippen molar-refractivity contribution in [1.29, 1.82) is 5.41 Å². The van der Waals surface area contributed by atoms with Crippen molar-refractivity contribution in [2.45, 2.75) is 0 Å². The van der Waals surface area contributed by atoms with Gasteiger partial charge in [0.25, 0.3) is 0 Å². The second kappa shape index (κ2) is 3.98. The first-order valence-corrected chi connectivity index (χ1v) is 5.98. The SMILES string of the molecule is CS(=O)(=O)Nc1ccc(C(=N)Cl)cc1. The number of benzene rings is 1. The Morgan fingerprint density at radius 3 is 2.21 bits per heavy atom. The minimum atomic E-state index is -3.25. The first kappa shape index (κ1) is 11.0. The zero-order chi connectivity index (χ0) is 10.8. The lowest BCUT2D eigenvalue weighted by Gasteiger charge is -2.03. The number of nitrogens with one attached hydrogen (secondary N) is 2. The van der Waals surface area contributed by atoms with Crippen molar-refractivity contribution in [1.82, 2.24) is 0 Å². The number of anilines is 1. The summed E-state index contributed by atoms with van der Waals surface area (Å²) in [5, 5.41) is 7.04. The van der Waals surface area contributed by atoms with Crippen LogP contribution < -0.4 is 4.72 Å². The van der Waals surface area contributed by atoms with E-state index >= 15 is 0 Å². The van der Waals surface area contributed by atoms with E-state index in [4.69, 9.17) is 17.0 Å². The molecule has 1 rings (SSSR count). The Labute approximate surface area is 87.5 Å². The fourth-order valence-corrected chi connectivity index (χ4v) is 1.59. The summed E-state index contributed by atoms with van der Waals surface area (Å²) in [4.78, 5) is 0. The molecule has 2 N–H and O–H groups in total. The minimum absolute atomic E-state index is 0.0732. The van der Waals surface area contributed by atoms with Gasteiger partial charge in [-0.2, -0.15) is 0 Å². The fraction of sp³-hybridized carbons (Fsp3) is 0.125. The summed E-state index contributed by atoms with van der Waals surface area (Å²) in [5.74, 6) is 0. The molecule has 0 saturated heterocycles. The first-order valence-electron chi connectivity index (χ1n) is 3.71. The van der Waals surface area contributed by atoms with Crippen LogP contribution in [0.1, 0.15) is 5.56 Å². The molecular weight excluding hydrogens is 224 g/mol. The van der Waals surface area contributed by atoms with Gasteiger partial charge in [-0.1, -0.05) is 11.6 Å². The van der Waals surface area contributed by atoms with Gasteiger partial charge in [0.05, 0.1) is 6.26 Å². The molecule has 1 aromatic rings. The molecule has 0 aliphatic rings. The molecule has 14 heavy (non-hydrogen) atoms. The molecule has 0 aromatic heterocycles. The maximum atomic E-state index is 10.8. The van der Waals surface area contributed by atoms with Crippen LogP contribution in [0.15, 0.2) is 24.3 Å². The lowest BCUT2D eigenvalue weighted by molar-refractivity contribution is 0.607. The molecule has 0 atom stereocenters. The highest BCUT2D eigenvalue weighted by Gasteiger charge is 2.02. The molecule has 1 aromatic carbocycles. The number of hydrogen-bond donors (Lipinski definition) is 2. The van der Waals surface area contributed by atoms with Gasteiger partial charge in [0.1, 0.15) is 5.17 Å². The highest BCUT2D eigenvalue weighted by molar-refractivity contribution is 7.92. The molecule has 0 fully saturated rings. The Hall–Kier alpha value is -1.07. The molecule has 0 heterocycles. The molecule has 0 radical (unpaired) electrons. The molecular formula is C8H9ClN2O2S. The standard InChI is InChI=1S/C8H9ClN2O2S/c1-14(12,13)11-7-4-2-6(3-5-7)8(9)10/h2-5,10-11H,1H3. The molecule has 0 saturated carbocycles. The number of rotatable bonds is 3. The van der Waals surface area contributed by atoms with Crippen molar-refractivity contribution in [3.63, 3.8) is 0 Å². The van der Waals surface area contributed by atoms with E-state index in [2.05, 4.69) is 4.72 Å². The van der Waals surface area contributed by atoms with E-state index in [1.54, 1.807) is 24.3 Å². The van der Waals surface area contributed by atoms with Gasteiger partial charge in [0.2, 0.25) is 10.0 Å². The Morgan fingerprint density at radius 1 is 1.36 bits per heavy atom. The average Bonchev–Trinajstić information content (AvgIpc) is 2.02. The van der Waals surface area contributed by atoms with Gasteiger partial charge in [-0.3, -0.25) is 10.1 Å². The maximum absolute atomic E-state index is 10.8. The van der Waals surface area contributed by atoms with Gasteiger partial charge < -0.3 is 0 Å². The van der Waals surface area contributed by atoms with Gasteiger partial charge in [-0.25, -0.2) is 8.42 Å². The molecule has 0 amide bonds. The zero-order valence-electron chi connectivity index (χ0n) is 7.41. The van der Waals surface area contributed by atoms with E-state index in [9.17, 15) is 8.42 Å². The largest absolute Gasteiger partial charge is 0.289 e. The Bertz CT molecular complexity index is 439.